The molecular weight excluding hydrogens is 498 g/mol. The van der Waals surface area contributed by atoms with Crippen LogP contribution in [0.25, 0.3) is 0 Å². The molecule has 1 aromatic rings. The van der Waals surface area contributed by atoms with E-state index in [2.05, 4.69) is 51.4 Å². The van der Waals surface area contributed by atoms with E-state index in [1.165, 1.54) is 114 Å². The second kappa shape index (κ2) is 22.7. The molecule has 0 saturated heterocycles. The van der Waals surface area contributed by atoms with E-state index in [0.717, 1.165) is 11.0 Å². The molecule has 0 saturated carbocycles. The topological polar surface area (TPSA) is 86.5 Å². The molecule has 0 spiro atoms. The van der Waals surface area contributed by atoms with Gasteiger partial charge in [-0.05, 0) is 33.2 Å². The van der Waals surface area contributed by atoms with E-state index in [9.17, 15) is 14.7 Å². The van der Waals surface area contributed by atoms with Crippen LogP contribution in [0.2, 0.25) is 0 Å². The number of amides is 1. The van der Waals surface area contributed by atoms with Crippen LogP contribution >= 0.6 is 0 Å². The molecule has 1 aromatic carbocycles. The number of unbranched alkanes of at least 4 members (excludes halogenated alkanes) is 13. The first-order chi connectivity index (χ1) is 19.0. The zero-order valence-electron chi connectivity index (χ0n) is 27.0. The molecule has 0 radical (unpaired) electrons. The molecule has 0 aromatic heterocycles. The second-order valence-electron chi connectivity index (χ2n) is 12.5. The number of primary amides is 1. The van der Waals surface area contributed by atoms with Gasteiger partial charge in [0.15, 0.2) is 0 Å². The van der Waals surface area contributed by atoms with Crippen molar-refractivity contribution in [3.63, 3.8) is 0 Å². The highest BCUT2D eigenvalue weighted by Gasteiger charge is 2.30. The van der Waals surface area contributed by atoms with Crippen LogP contribution in [0, 0.1) is 0 Å². The van der Waals surface area contributed by atoms with Gasteiger partial charge in [0.25, 0.3) is 0 Å². The predicted octanol–water partition coefficient (Wildman–Crippen LogP) is 6.46. The van der Waals surface area contributed by atoms with Crippen LogP contribution in [0.4, 0.5) is 0 Å². The first kappa shape index (κ1) is 38.1. The zero-order valence-corrected chi connectivity index (χ0v) is 27.0. The van der Waals surface area contributed by atoms with E-state index < -0.39 is 17.4 Å². The molecule has 2 N–H and O–H groups in total. The standard InChI is InChI=1S/C25H46N.C9H18N2O3/c1-4-5-6-7-8-9-10-11-12-13-14-15-16-20-23-26(2,3)24-25-21-18-17-19-22-25;1-4-5-9(2,8(13)14)11(3)6-7(10)12/h17-19,21-22H,4-16,20,23-24H2,1-3H3;4-6H2,1-3H3,(H2,10,12)(H,13,14)/q+1;/p-1. The van der Waals surface area contributed by atoms with Gasteiger partial charge < -0.3 is 20.1 Å². The molecule has 1 amide bonds. The highest BCUT2D eigenvalue weighted by atomic mass is 16.4. The van der Waals surface area contributed by atoms with Crippen molar-refractivity contribution >= 4 is 11.9 Å². The van der Waals surface area contributed by atoms with Crippen molar-refractivity contribution in [3.8, 4) is 0 Å². The largest absolute Gasteiger partial charge is 0.548 e. The number of carbonyl (C=O) groups excluding carboxylic acids is 2. The molecule has 0 fully saturated rings. The van der Waals surface area contributed by atoms with Gasteiger partial charge in [0, 0.05) is 5.56 Å². The Morgan fingerprint density at radius 1 is 0.800 bits per heavy atom. The van der Waals surface area contributed by atoms with E-state index in [0.29, 0.717) is 12.8 Å². The third-order valence-electron chi connectivity index (χ3n) is 7.98. The van der Waals surface area contributed by atoms with Gasteiger partial charge in [-0.3, -0.25) is 9.69 Å². The Morgan fingerprint density at radius 2 is 1.25 bits per heavy atom. The van der Waals surface area contributed by atoms with Crippen molar-refractivity contribution in [1.29, 1.82) is 0 Å². The summed E-state index contributed by atoms with van der Waals surface area (Å²) < 4.78 is 1.11. The first-order valence-corrected chi connectivity index (χ1v) is 16.1. The number of benzene rings is 1. The minimum Gasteiger partial charge on any atom is -0.548 e. The van der Waals surface area contributed by atoms with Crippen LogP contribution in [0.15, 0.2) is 30.3 Å². The van der Waals surface area contributed by atoms with Crippen LogP contribution in [0.3, 0.4) is 0 Å². The van der Waals surface area contributed by atoms with E-state index in [1.807, 2.05) is 6.92 Å². The number of hydrogen-bond donors (Lipinski definition) is 1. The fraction of sp³-hybridized carbons (Fsp3) is 0.765. The number of carboxylic acids is 1. The lowest BCUT2D eigenvalue weighted by atomic mass is 9.94. The summed E-state index contributed by atoms with van der Waals surface area (Å²) in [6.07, 6.45) is 21.3. The van der Waals surface area contributed by atoms with Gasteiger partial charge in [-0.2, -0.15) is 0 Å². The molecule has 1 unspecified atom stereocenters. The molecule has 0 aliphatic rings. The molecule has 6 heteroatoms. The Hall–Kier alpha value is -1.92. The van der Waals surface area contributed by atoms with Crippen molar-refractivity contribution < 1.29 is 19.2 Å². The monoisotopic (exact) mass is 561 g/mol. The zero-order chi connectivity index (χ0) is 30.3. The Balaban J connectivity index is 0.000000919. The van der Waals surface area contributed by atoms with Crippen LogP contribution in [0.5, 0.6) is 0 Å². The summed E-state index contributed by atoms with van der Waals surface area (Å²) >= 11 is 0. The highest BCUT2D eigenvalue weighted by Crippen LogP contribution is 2.19. The molecule has 1 rings (SSSR count). The molecule has 0 aliphatic heterocycles. The van der Waals surface area contributed by atoms with Gasteiger partial charge in [-0.15, -0.1) is 0 Å². The minimum absolute atomic E-state index is 0.0789. The average molecular weight is 562 g/mol. The third-order valence-corrected chi connectivity index (χ3v) is 7.98. The summed E-state index contributed by atoms with van der Waals surface area (Å²) in [5.41, 5.74) is 5.33. The number of aliphatic carboxylic acids is 1. The van der Waals surface area contributed by atoms with E-state index in [4.69, 9.17) is 5.73 Å². The van der Waals surface area contributed by atoms with Crippen molar-refractivity contribution in [2.45, 2.75) is 136 Å². The minimum atomic E-state index is -1.18. The average Bonchev–Trinajstić information content (AvgIpc) is 2.89. The Kier molecular flexibility index (Phi) is 21.6. The summed E-state index contributed by atoms with van der Waals surface area (Å²) in [5, 5.41) is 10.9. The molecule has 0 bridgehead atoms. The van der Waals surface area contributed by atoms with E-state index >= 15 is 0 Å². The van der Waals surface area contributed by atoms with Crippen molar-refractivity contribution in [1.82, 2.24) is 4.90 Å². The summed E-state index contributed by atoms with van der Waals surface area (Å²) in [4.78, 5) is 23.0. The summed E-state index contributed by atoms with van der Waals surface area (Å²) in [6, 6.07) is 10.9. The van der Waals surface area contributed by atoms with Gasteiger partial charge in [0.05, 0.1) is 38.7 Å². The third kappa shape index (κ3) is 19.2. The fourth-order valence-electron chi connectivity index (χ4n) is 5.23. The maximum Gasteiger partial charge on any atom is 0.231 e. The van der Waals surface area contributed by atoms with Gasteiger partial charge in [0.1, 0.15) is 6.54 Å². The van der Waals surface area contributed by atoms with Gasteiger partial charge >= 0.3 is 0 Å². The quantitative estimate of drug-likeness (QED) is 0.123. The predicted molar refractivity (Wildman–Crippen MR) is 168 cm³/mol. The molecule has 6 nitrogen and oxygen atoms in total. The number of carboxylic acid groups (broad SMARTS) is 1. The lowest BCUT2D eigenvalue weighted by Gasteiger charge is -2.39. The second-order valence-corrected chi connectivity index (χ2v) is 12.5. The number of likely N-dealkylation sites (N-methyl/N-ethyl adjacent to an activating group) is 1. The number of hydrogen-bond acceptors (Lipinski definition) is 4. The molecule has 0 heterocycles. The van der Waals surface area contributed by atoms with Crippen molar-refractivity contribution in [2.24, 2.45) is 5.73 Å². The first-order valence-electron chi connectivity index (χ1n) is 16.1. The number of rotatable bonds is 23. The highest BCUT2D eigenvalue weighted by molar-refractivity contribution is 5.79. The molecular formula is C34H63N3O3. The van der Waals surface area contributed by atoms with Gasteiger partial charge in [-0.25, -0.2) is 0 Å². The smallest absolute Gasteiger partial charge is 0.231 e. The molecule has 40 heavy (non-hydrogen) atoms. The maximum absolute atomic E-state index is 10.9. The van der Waals surface area contributed by atoms with E-state index in [-0.39, 0.29) is 6.54 Å². The van der Waals surface area contributed by atoms with Crippen LogP contribution < -0.4 is 10.8 Å². The van der Waals surface area contributed by atoms with Gasteiger partial charge in [-0.1, -0.05) is 128 Å². The Morgan fingerprint density at radius 3 is 1.65 bits per heavy atom. The van der Waals surface area contributed by atoms with Crippen molar-refractivity contribution in [3.05, 3.63) is 35.9 Å². The number of carbonyl (C=O) groups is 2. The number of nitrogens with two attached hydrogens (primary N) is 1. The van der Waals surface area contributed by atoms with E-state index in [1.54, 1.807) is 7.05 Å². The SMILES string of the molecule is CCCC(C)(C(=O)[O-])N(C)CC(N)=O.CCCCCCCCCCCCCCCC[N+](C)(C)Cc1ccccc1. The van der Waals surface area contributed by atoms with Crippen molar-refractivity contribution in [2.75, 3.05) is 34.2 Å². The molecule has 0 aliphatic carbocycles. The lowest BCUT2D eigenvalue weighted by molar-refractivity contribution is -0.903. The maximum atomic E-state index is 10.9. The summed E-state index contributed by atoms with van der Waals surface area (Å²) in [6.45, 7) is 8.08. The fourth-order valence-corrected chi connectivity index (χ4v) is 5.23. The summed E-state index contributed by atoms with van der Waals surface area (Å²) in [5.74, 6) is -1.72. The lowest BCUT2D eigenvalue weighted by Crippen LogP contribution is -2.58. The Bertz CT molecular complexity index is 769. The van der Waals surface area contributed by atoms with Crippen LogP contribution in [-0.2, 0) is 16.1 Å². The Labute approximate surface area is 247 Å². The van der Waals surface area contributed by atoms with Crippen LogP contribution in [0.1, 0.15) is 129 Å². The number of nitrogens with zero attached hydrogens (tertiary/aromatic N) is 2. The van der Waals surface area contributed by atoms with Crippen LogP contribution in [-0.4, -0.2) is 61.0 Å². The molecule has 232 valence electrons. The summed E-state index contributed by atoms with van der Waals surface area (Å²) in [7, 11) is 6.29. The van der Waals surface area contributed by atoms with Gasteiger partial charge in [0.2, 0.25) is 5.91 Å². The normalized spacial score (nSPS) is 13.0. The molecule has 1 atom stereocenters. The number of quaternary nitrogens is 1.